The number of rotatable bonds is 4. The van der Waals surface area contributed by atoms with Crippen molar-refractivity contribution in [1.82, 2.24) is 15.3 Å². The Labute approximate surface area is 108 Å². The predicted octanol–water partition coefficient (Wildman–Crippen LogP) is 3.09. The van der Waals surface area contributed by atoms with Crippen molar-refractivity contribution in [2.75, 3.05) is 6.54 Å². The summed E-state index contributed by atoms with van der Waals surface area (Å²) < 4.78 is 14.4. The van der Waals surface area contributed by atoms with E-state index in [1.54, 1.807) is 12.3 Å². The summed E-state index contributed by atoms with van der Waals surface area (Å²) in [4.78, 5) is 7.29. The van der Waals surface area contributed by atoms with Crippen molar-refractivity contribution in [2.24, 2.45) is 0 Å². The molecule has 0 aliphatic rings. The van der Waals surface area contributed by atoms with Gasteiger partial charge >= 0.3 is 0 Å². The zero-order chi connectivity index (χ0) is 12.3. The van der Waals surface area contributed by atoms with Gasteiger partial charge in [0, 0.05) is 10.0 Å². The Balaban J connectivity index is 2.24. The molecule has 17 heavy (non-hydrogen) atoms. The first-order valence-corrected chi connectivity index (χ1v) is 6.20. The molecule has 0 atom stereocenters. The number of H-pyrrole nitrogens is 1. The smallest absolute Gasteiger partial charge is 0.133 e. The lowest BCUT2D eigenvalue weighted by Gasteiger charge is -2.01. The van der Waals surface area contributed by atoms with E-state index < -0.39 is 0 Å². The summed E-state index contributed by atoms with van der Waals surface area (Å²) in [5.41, 5.74) is 1.23. The molecule has 1 aromatic heterocycles. The lowest BCUT2D eigenvalue weighted by atomic mass is 10.1. The lowest BCUT2D eigenvalue weighted by Crippen LogP contribution is -2.12. The topological polar surface area (TPSA) is 40.7 Å². The maximum Gasteiger partial charge on any atom is 0.133 e. The number of nitrogens with one attached hydrogen (secondary N) is 2. The summed E-state index contributed by atoms with van der Waals surface area (Å²) in [6, 6.07) is 4.98. The molecule has 0 radical (unpaired) electrons. The van der Waals surface area contributed by atoms with Crippen LogP contribution in [0.4, 0.5) is 4.39 Å². The van der Waals surface area contributed by atoms with Gasteiger partial charge in [0.25, 0.3) is 0 Å². The van der Waals surface area contributed by atoms with Gasteiger partial charge in [-0.1, -0.05) is 22.9 Å². The van der Waals surface area contributed by atoms with Gasteiger partial charge in [-0.2, -0.15) is 0 Å². The van der Waals surface area contributed by atoms with Gasteiger partial charge in [-0.15, -0.1) is 0 Å². The van der Waals surface area contributed by atoms with Crippen LogP contribution in [0.1, 0.15) is 12.7 Å². The van der Waals surface area contributed by atoms with Gasteiger partial charge in [0.2, 0.25) is 0 Å². The summed E-state index contributed by atoms with van der Waals surface area (Å²) in [7, 11) is 0. The normalized spacial score (nSPS) is 10.8. The third kappa shape index (κ3) is 2.92. The highest BCUT2D eigenvalue weighted by molar-refractivity contribution is 9.10. The van der Waals surface area contributed by atoms with Gasteiger partial charge in [-0.3, -0.25) is 0 Å². The highest BCUT2D eigenvalue weighted by atomic mass is 79.9. The lowest BCUT2D eigenvalue weighted by molar-refractivity contribution is 0.630. The first-order chi connectivity index (χ1) is 8.20. The van der Waals surface area contributed by atoms with E-state index in [1.165, 1.54) is 6.07 Å². The molecule has 90 valence electrons. The Kier molecular flexibility index (Phi) is 3.91. The van der Waals surface area contributed by atoms with Crippen molar-refractivity contribution in [3.63, 3.8) is 0 Å². The van der Waals surface area contributed by atoms with Crippen LogP contribution in [0.5, 0.6) is 0 Å². The number of nitrogens with zero attached hydrogens (tertiary/aromatic N) is 1. The molecule has 0 saturated carbocycles. The number of hydrogen-bond donors (Lipinski definition) is 2. The van der Waals surface area contributed by atoms with Crippen molar-refractivity contribution in [1.29, 1.82) is 0 Å². The number of aromatic nitrogens is 2. The molecule has 1 aromatic carbocycles. The summed E-state index contributed by atoms with van der Waals surface area (Å²) >= 11 is 3.23. The first kappa shape index (κ1) is 12.3. The molecule has 1 heterocycles. The van der Waals surface area contributed by atoms with E-state index in [0.29, 0.717) is 17.8 Å². The number of aromatic amines is 1. The fourth-order valence-electron chi connectivity index (χ4n) is 1.54. The summed E-state index contributed by atoms with van der Waals surface area (Å²) in [5, 5.41) is 3.16. The second kappa shape index (κ2) is 5.42. The fraction of sp³-hybridized carbons (Fsp3) is 0.250. The zero-order valence-corrected chi connectivity index (χ0v) is 11.0. The maximum atomic E-state index is 13.7. The van der Waals surface area contributed by atoms with Gasteiger partial charge < -0.3 is 10.3 Å². The molecule has 0 unspecified atom stereocenters. The van der Waals surface area contributed by atoms with Crippen LogP contribution in [0.2, 0.25) is 0 Å². The number of hydrogen-bond acceptors (Lipinski definition) is 2. The Morgan fingerprint density at radius 2 is 2.29 bits per heavy atom. The Bertz CT molecular complexity index is 510. The van der Waals surface area contributed by atoms with Crippen molar-refractivity contribution in [3.8, 4) is 11.3 Å². The minimum absolute atomic E-state index is 0.266. The highest BCUT2D eigenvalue weighted by Gasteiger charge is 2.08. The van der Waals surface area contributed by atoms with Crippen molar-refractivity contribution in [2.45, 2.75) is 13.5 Å². The molecule has 5 heteroatoms. The van der Waals surface area contributed by atoms with Gasteiger partial charge in [-0.05, 0) is 24.7 Å². The van der Waals surface area contributed by atoms with Crippen LogP contribution in [0.3, 0.4) is 0 Å². The third-order valence-corrected chi connectivity index (χ3v) is 2.89. The predicted molar refractivity (Wildman–Crippen MR) is 69.1 cm³/mol. The second-order valence-corrected chi connectivity index (χ2v) is 4.56. The van der Waals surface area contributed by atoms with E-state index in [2.05, 4.69) is 31.2 Å². The molecule has 0 aliphatic carbocycles. The molecule has 0 bridgehead atoms. The minimum atomic E-state index is -0.266. The average molecular weight is 298 g/mol. The molecule has 0 amide bonds. The van der Waals surface area contributed by atoms with E-state index in [4.69, 9.17) is 0 Å². The summed E-state index contributed by atoms with van der Waals surface area (Å²) in [6.45, 7) is 3.57. The second-order valence-electron chi connectivity index (χ2n) is 3.65. The molecule has 3 nitrogen and oxygen atoms in total. The van der Waals surface area contributed by atoms with E-state index in [-0.39, 0.29) is 5.82 Å². The van der Waals surface area contributed by atoms with Crippen LogP contribution >= 0.6 is 15.9 Å². The van der Waals surface area contributed by atoms with Crippen LogP contribution in [0, 0.1) is 5.82 Å². The molecular weight excluding hydrogens is 285 g/mol. The minimum Gasteiger partial charge on any atom is -0.341 e. The Morgan fingerprint density at radius 1 is 1.47 bits per heavy atom. The average Bonchev–Trinajstić information content (AvgIpc) is 2.75. The Morgan fingerprint density at radius 3 is 3.00 bits per heavy atom. The fourth-order valence-corrected chi connectivity index (χ4v) is 1.87. The maximum absolute atomic E-state index is 13.7. The largest absolute Gasteiger partial charge is 0.341 e. The number of imidazole rings is 1. The van der Waals surface area contributed by atoms with Crippen LogP contribution in [0.15, 0.2) is 28.9 Å². The van der Waals surface area contributed by atoms with E-state index in [9.17, 15) is 4.39 Å². The van der Waals surface area contributed by atoms with E-state index >= 15 is 0 Å². The van der Waals surface area contributed by atoms with Crippen LogP contribution in [-0.4, -0.2) is 16.5 Å². The summed E-state index contributed by atoms with van der Waals surface area (Å²) in [6.07, 6.45) is 1.65. The van der Waals surface area contributed by atoms with Crippen LogP contribution < -0.4 is 5.32 Å². The van der Waals surface area contributed by atoms with Crippen LogP contribution in [-0.2, 0) is 6.54 Å². The highest BCUT2D eigenvalue weighted by Crippen LogP contribution is 2.23. The van der Waals surface area contributed by atoms with Gasteiger partial charge in [0.05, 0.1) is 18.4 Å². The van der Waals surface area contributed by atoms with Crippen molar-refractivity contribution in [3.05, 3.63) is 40.5 Å². The Hall–Kier alpha value is -1.20. The van der Waals surface area contributed by atoms with Crippen molar-refractivity contribution < 1.29 is 4.39 Å². The molecule has 2 N–H and O–H groups in total. The van der Waals surface area contributed by atoms with Gasteiger partial charge in [0.15, 0.2) is 0 Å². The molecular formula is C12H13BrFN3. The molecule has 0 aliphatic heterocycles. The molecule has 2 aromatic rings. The van der Waals surface area contributed by atoms with Crippen LogP contribution in [0.25, 0.3) is 11.3 Å². The molecule has 2 rings (SSSR count). The molecule has 0 saturated heterocycles. The van der Waals surface area contributed by atoms with Gasteiger partial charge in [-0.25, -0.2) is 9.37 Å². The van der Waals surface area contributed by atoms with E-state index in [0.717, 1.165) is 16.8 Å². The quantitative estimate of drug-likeness (QED) is 0.910. The summed E-state index contributed by atoms with van der Waals surface area (Å²) in [5.74, 6) is 0.544. The molecule has 0 fully saturated rings. The first-order valence-electron chi connectivity index (χ1n) is 5.40. The van der Waals surface area contributed by atoms with Gasteiger partial charge in [0.1, 0.15) is 11.6 Å². The SMILES string of the molecule is CCNCc1ncc(-c2ccc(Br)cc2F)[nH]1. The number of halogens is 2. The number of benzene rings is 1. The zero-order valence-electron chi connectivity index (χ0n) is 9.43. The standard InChI is InChI=1S/C12H13BrFN3/c1-2-15-7-12-16-6-11(17-12)9-4-3-8(13)5-10(9)14/h3-6,15H,2,7H2,1H3,(H,16,17). The van der Waals surface area contributed by atoms with E-state index in [1.807, 2.05) is 13.0 Å². The van der Waals surface area contributed by atoms with Crippen molar-refractivity contribution >= 4 is 15.9 Å². The third-order valence-electron chi connectivity index (χ3n) is 2.39. The molecule has 0 spiro atoms. The monoisotopic (exact) mass is 297 g/mol.